The van der Waals surface area contributed by atoms with E-state index < -0.39 is 0 Å². The number of likely N-dealkylation sites (tertiary alicyclic amines) is 1. The molecule has 20 heavy (non-hydrogen) atoms. The lowest BCUT2D eigenvalue weighted by Gasteiger charge is -2.36. The molecule has 2 aliphatic heterocycles. The molecular weight excluding hydrogens is 274 g/mol. The van der Waals surface area contributed by atoms with Crippen molar-refractivity contribution >= 4 is 18.3 Å². The normalized spacial score (nSPS) is 26.6. The topological polar surface area (TPSA) is 35.6 Å². The number of halogens is 1. The van der Waals surface area contributed by atoms with Gasteiger partial charge in [0.25, 0.3) is 0 Å². The Hall–Kier alpha value is -0.320. The minimum atomic E-state index is 0. The minimum Gasteiger partial charge on any atom is -0.339 e. The third-order valence-electron chi connectivity index (χ3n) is 4.52. The van der Waals surface area contributed by atoms with E-state index in [1.807, 2.05) is 0 Å². The first kappa shape index (κ1) is 17.7. The number of rotatable bonds is 5. The van der Waals surface area contributed by atoms with E-state index in [4.69, 9.17) is 0 Å². The van der Waals surface area contributed by atoms with Crippen LogP contribution in [0.2, 0.25) is 0 Å². The van der Waals surface area contributed by atoms with Gasteiger partial charge >= 0.3 is 0 Å². The zero-order chi connectivity index (χ0) is 13.7. The van der Waals surface area contributed by atoms with Gasteiger partial charge in [0.15, 0.2) is 0 Å². The zero-order valence-electron chi connectivity index (χ0n) is 12.9. The first-order chi connectivity index (χ1) is 9.22. The maximum absolute atomic E-state index is 12.5. The van der Waals surface area contributed by atoms with E-state index in [1.165, 1.54) is 25.7 Å². The van der Waals surface area contributed by atoms with Crippen LogP contribution in [0.15, 0.2) is 0 Å². The summed E-state index contributed by atoms with van der Waals surface area (Å²) in [6.07, 6.45) is 5.93. The number of hydrogen-bond acceptors (Lipinski definition) is 3. The van der Waals surface area contributed by atoms with Gasteiger partial charge in [0.1, 0.15) is 0 Å². The Morgan fingerprint density at radius 1 is 1.35 bits per heavy atom. The van der Waals surface area contributed by atoms with Crippen LogP contribution in [0.25, 0.3) is 0 Å². The summed E-state index contributed by atoms with van der Waals surface area (Å²) in [5.74, 6) is 0.340. The molecule has 2 rings (SSSR count). The lowest BCUT2D eigenvalue weighted by molar-refractivity contribution is -0.136. The molecule has 0 aliphatic carbocycles. The summed E-state index contributed by atoms with van der Waals surface area (Å²) >= 11 is 0. The fourth-order valence-corrected chi connectivity index (χ4v) is 3.36. The van der Waals surface area contributed by atoms with Gasteiger partial charge < -0.3 is 10.2 Å². The lowest BCUT2D eigenvalue weighted by atomic mass is 10.0. The number of amides is 1. The average molecular weight is 304 g/mol. The Kier molecular flexibility index (Phi) is 7.85. The molecule has 0 spiro atoms. The van der Waals surface area contributed by atoms with E-state index in [2.05, 4.69) is 29.0 Å². The van der Waals surface area contributed by atoms with Crippen LogP contribution < -0.4 is 5.32 Å². The van der Waals surface area contributed by atoms with Crippen molar-refractivity contribution in [2.24, 2.45) is 0 Å². The van der Waals surface area contributed by atoms with Gasteiger partial charge in [-0.1, -0.05) is 6.92 Å². The molecule has 4 nitrogen and oxygen atoms in total. The molecule has 118 valence electrons. The van der Waals surface area contributed by atoms with Crippen molar-refractivity contribution < 1.29 is 4.79 Å². The van der Waals surface area contributed by atoms with E-state index >= 15 is 0 Å². The quantitative estimate of drug-likeness (QED) is 0.842. The van der Waals surface area contributed by atoms with Crippen LogP contribution in [-0.2, 0) is 4.79 Å². The molecule has 2 fully saturated rings. The molecule has 0 aromatic carbocycles. The summed E-state index contributed by atoms with van der Waals surface area (Å²) in [5.41, 5.74) is 0. The Bertz CT molecular complexity index is 295. The third kappa shape index (κ3) is 4.61. The maximum atomic E-state index is 12.5. The highest BCUT2D eigenvalue weighted by atomic mass is 35.5. The molecule has 5 heteroatoms. The van der Waals surface area contributed by atoms with Crippen molar-refractivity contribution in [2.45, 2.75) is 58.0 Å². The fourth-order valence-electron chi connectivity index (χ4n) is 3.36. The number of nitrogens with one attached hydrogen (secondary N) is 1. The molecule has 2 aliphatic rings. The summed E-state index contributed by atoms with van der Waals surface area (Å²) < 4.78 is 0. The van der Waals surface area contributed by atoms with Gasteiger partial charge in [-0.15, -0.1) is 12.4 Å². The number of carbonyl (C=O) groups is 1. The van der Waals surface area contributed by atoms with Crippen LogP contribution in [-0.4, -0.2) is 60.5 Å². The molecular formula is C15H30ClN3O. The molecule has 0 bridgehead atoms. The summed E-state index contributed by atoms with van der Waals surface area (Å²) in [6.45, 7) is 9.15. The Labute approximate surface area is 129 Å². The van der Waals surface area contributed by atoms with Crippen molar-refractivity contribution in [1.82, 2.24) is 15.1 Å². The summed E-state index contributed by atoms with van der Waals surface area (Å²) in [7, 11) is 0. The van der Waals surface area contributed by atoms with E-state index in [1.54, 1.807) is 0 Å². The molecule has 0 aromatic rings. The van der Waals surface area contributed by atoms with Crippen molar-refractivity contribution in [1.29, 1.82) is 0 Å². The van der Waals surface area contributed by atoms with E-state index in [-0.39, 0.29) is 12.4 Å². The number of carbonyl (C=O) groups excluding carboxylic acids is 1. The Morgan fingerprint density at radius 3 is 2.75 bits per heavy atom. The predicted octanol–water partition coefficient (Wildman–Crippen LogP) is 1.88. The van der Waals surface area contributed by atoms with Crippen LogP contribution in [0.1, 0.15) is 46.0 Å². The van der Waals surface area contributed by atoms with Crippen molar-refractivity contribution in [3.63, 3.8) is 0 Å². The number of nitrogens with zero attached hydrogens (tertiary/aromatic N) is 2. The van der Waals surface area contributed by atoms with E-state index in [0.29, 0.717) is 24.5 Å². The molecule has 0 aromatic heterocycles. The second-order valence-corrected chi connectivity index (χ2v) is 6.05. The summed E-state index contributed by atoms with van der Waals surface area (Å²) in [6, 6.07) is 0.996. The van der Waals surface area contributed by atoms with Crippen molar-refractivity contribution in [3.05, 3.63) is 0 Å². The average Bonchev–Trinajstić information content (AvgIpc) is 2.92. The highest BCUT2D eigenvalue weighted by molar-refractivity contribution is 5.85. The molecule has 2 heterocycles. The van der Waals surface area contributed by atoms with E-state index in [0.717, 1.165) is 32.6 Å². The number of hydrogen-bond donors (Lipinski definition) is 1. The van der Waals surface area contributed by atoms with Crippen LogP contribution in [0, 0.1) is 0 Å². The fraction of sp³-hybridized carbons (Fsp3) is 0.933. The third-order valence-corrected chi connectivity index (χ3v) is 4.52. The summed E-state index contributed by atoms with van der Waals surface area (Å²) in [5, 5.41) is 3.41. The molecule has 2 saturated heterocycles. The molecule has 0 radical (unpaired) electrons. The predicted molar refractivity (Wildman–Crippen MR) is 85.4 cm³/mol. The molecule has 2 unspecified atom stereocenters. The smallest absolute Gasteiger partial charge is 0.236 e. The van der Waals surface area contributed by atoms with Gasteiger partial charge in [-0.3, -0.25) is 9.69 Å². The van der Waals surface area contributed by atoms with Gasteiger partial charge in [0.2, 0.25) is 5.91 Å². The standard InChI is InChI=1S/C15H29N3O.ClH/c1-3-9-17(14-7-8-16-11-14)12-15(19)18-10-5-4-6-13(18)2;/h13-14,16H,3-12H2,1-2H3;1H. The second kappa shape index (κ2) is 8.85. The van der Waals surface area contributed by atoms with Gasteiger partial charge in [0.05, 0.1) is 6.54 Å². The van der Waals surface area contributed by atoms with Crippen molar-refractivity contribution in [3.8, 4) is 0 Å². The second-order valence-electron chi connectivity index (χ2n) is 6.05. The van der Waals surface area contributed by atoms with Gasteiger partial charge in [-0.05, 0) is 52.1 Å². The highest BCUT2D eigenvalue weighted by Crippen LogP contribution is 2.17. The first-order valence-electron chi connectivity index (χ1n) is 7.96. The van der Waals surface area contributed by atoms with Gasteiger partial charge in [0, 0.05) is 25.2 Å². The summed E-state index contributed by atoms with van der Waals surface area (Å²) in [4.78, 5) is 17.0. The molecule has 0 saturated carbocycles. The Morgan fingerprint density at radius 2 is 2.15 bits per heavy atom. The molecule has 1 amide bonds. The van der Waals surface area contributed by atoms with Gasteiger partial charge in [-0.2, -0.15) is 0 Å². The van der Waals surface area contributed by atoms with Crippen molar-refractivity contribution in [2.75, 3.05) is 32.7 Å². The van der Waals surface area contributed by atoms with E-state index in [9.17, 15) is 4.79 Å². The highest BCUT2D eigenvalue weighted by Gasteiger charge is 2.28. The van der Waals surface area contributed by atoms with Gasteiger partial charge in [-0.25, -0.2) is 0 Å². The molecule has 2 atom stereocenters. The minimum absolute atomic E-state index is 0. The first-order valence-corrected chi connectivity index (χ1v) is 7.96. The monoisotopic (exact) mass is 303 g/mol. The van der Waals surface area contributed by atoms with Crippen LogP contribution in [0.4, 0.5) is 0 Å². The van der Waals surface area contributed by atoms with Crippen LogP contribution in [0.5, 0.6) is 0 Å². The maximum Gasteiger partial charge on any atom is 0.236 e. The Balaban J connectivity index is 0.00000200. The zero-order valence-corrected chi connectivity index (χ0v) is 13.8. The number of piperidine rings is 1. The molecule has 1 N–H and O–H groups in total. The SMILES string of the molecule is CCCN(CC(=O)N1CCCCC1C)C1CCNC1.Cl. The van der Waals surface area contributed by atoms with Crippen LogP contribution in [0.3, 0.4) is 0 Å². The lowest BCUT2D eigenvalue weighted by Crippen LogP contribution is -2.49. The largest absolute Gasteiger partial charge is 0.339 e. The van der Waals surface area contributed by atoms with Crippen LogP contribution >= 0.6 is 12.4 Å².